The molecule has 0 bridgehead atoms. The Hall–Kier alpha value is -3.13. The van der Waals surface area contributed by atoms with Gasteiger partial charge in [0.05, 0.1) is 5.52 Å². The topological polar surface area (TPSA) is 78.9 Å². The lowest BCUT2D eigenvalue weighted by atomic mass is 10.1. The Balaban J connectivity index is 1.43. The highest BCUT2D eigenvalue weighted by molar-refractivity contribution is 7.98. The van der Waals surface area contributed by atoms with Crippen molar-refractivity contribution in [2.45, 2.75) is 17.5 Å². The summed E-state index contributed by atoms with van der Waals surface area (Å²) in [6, 6.07) is 15.8. The first kappa shape index (κ1) is 17.3. The summed E-state index contributed by atoms with van der Waals surface area (Å²) in [5.41, 5.74) is 2.07. The maximum absolute atomic E-state index is 12.9. The Morgan fingerprint density at radius 3 is 2.70 bits per heavy atom. The number of benzene rings is 2. The number of aromatic nitrogens is 4. The highest BCUT2D eigenvalue weighted by atomic mass is 32.2. The second-order valence-electron chi connectivity index (χ2n) is 5.79. The molecule has 6 nitrogen and oxygen atoms in total. The zero-order valence-electron chi connectivity index (χ0n) is 14.2. The molecular formula is C19H16FN5OS. The van der Waals surface area contributed by atoms with E-state index in [1.165, 1.54) is 28.6 Å². The molecule has 0 radical (unpaired) electrons. The Bertz CT molecular complexity index is 1060. The molecule has 0 saturated carbocycles. The summed E-state index contributed by atoms with van der Waals surface area (Å²) in [5, 5.41) is 9.88. The van der Waals surface area contributed by atoms with Crippen LogP contribution in [-0.2, 0) is 12.4 Å². The molecule has 27 heavy (non-hydrogen) atoms. The maximum Gasteiger partial charge on any atom is 0.210 e. The molecule has 2 aromatic carbocycles. The van der Waals surface area contributed by atoms with E-state index in [4.69, 9.17) is 10.6 Å². The number of nitrogens with two attached hydrogens (primary N) is 1. The first-order chi connectivity index (χ1) is 13.2. The summed E-state index contributed by atoms with van der Waals surface area (Å²) in [7, 11) is 0. The minimum absolute atomic E-state index is 0.144. The number of para-hydroxylation sites is 1. The maximum atomic E-state index is 12.9. The molecule has 2 aromatic heterocycles. The van der Waals surface area contributed by atoms with Crippen molar-refractivity contribution >= 4 is 22.7 Å². The molecule has 0 aliphatic rings. The van der Waals surface area contributed by atoms with E-state index in [2.05, 4.69) is 15.2 Å². The van der Waals surface area contributed by atoms with E-state index in [1.54, 1.807) is 18.3 Å². The van der Waals surface area contributed by atoms with Crippen molar-refractivity contribution < 1.29 is 9.13 Å². The van der Waals surface area contributed by atoms with Crippen LogP contribution < -0.4 is 10.6 Å². The molecule has 2 N–H and O–H groups in total. The van der Waals surface area contributed by atoms with E-state index in [-0.39, 0.29) is 12.4 Å². The zero-order chi connectivity index (χ0) is 18.6. The fourth-order valence-corrected chi connectivity index (χ4v) is 3.47. The Morgan fingerprint density at radius 2 is 1.85 bits per heavy atom. The summed E-state index contributed by atoms with van der Waals surface area (Å²) in [6.07, 6.45) is 1.78. The third kappa shape index (κ3) is 3.85. The van der Waals surface area contributed by atoms with Crippen LogP contribution in [0, 0.1) is 5.82 Å². The fourth-order valence-electron chi connectivity index (χ4n) is 2.61. The first-order valence-electron chi connectivity index (χ1n) is 8.24. The van der Waals surface area contributed by atoms with Gasteiger partial charge in [-0.15, -0.1) is 10.2 Å². The van der Waals surface area contributed by atoms with Crippen LogP contribution in [0.1, 0.15) is 11.4 Å². The molecule has 0 fully saturated rings. The SMILES string of the molecule is Nn1c(COc2ccc(F)cc2)nnc1SCc1cccc2cccnc12. The average Bonchev–Trinajstić information content (AvgIpc) is 3.05. The third-order valence-corrected chi connectivity index (χ3v) is 4.98. The minimum atomic E-state index is -0.314. The molecule has 0 spiro atoms. The quantitative estimate of drug-likeness (QED) is 0.406. The van der Waals surface area contributed by atoms with E-state index in [1.807, 2.05) is 30.3 Å². The number of nitrogens with zero attached hydrogens (tertiary/aromatic N) is 4. The summed E-state index contributed by atoms with van der Waals surface area (Å²) in [5.74, 6) is 7.46. The van der Waals surface area contributed by atoms with Crippen LogP contribution in [-0.4, -0.2) is 19.9 Å². The van der Waals surface area contributed by atoms with Crippen LogP contribution in [0.15, 0.2) is 66.0 Å². The van der Waals surface area contributed by atoms with E-state index >= 15 is 0 Å². The van der Waals surface area contributed by atoms with Gasteiger partial charge in [-0.1, -0.05) is 36.0 Å². The van der Waals surface area contributed by atoms with E-state index in [0.717, 1.165) is 16.5 Å². The number of fused-ring (bicyclic) bond motifs is 1. The Kier molecular flexibility index (Phi) is 4.88. The van der Waals surface area contributed by atoms with Crippen molar-refractivity contribution in [2.24, 2.45) is 0 Å². The summed E-state index contributed by atoms with van der Waals surface area (Å²) in [6.45, 7) is 0.144. The molecule has 0 aliphatic heterocycles. The van der Waals surface area contributed by atoms with Gasteiger partial charge in [-0.05, 0) is 35.9 Å². The number of hydrogen-bond donors (Lipinski definition) is 1. The average molecular weight is 381 g/mol. The predicted molar refractivity (Wildman–Crippen MR) is 102 cm³/mol. The smallest absolute Gasteiger partial charge is 0.210 e. The van der Waals surface area contributed by atoms with Crippen molar-refractivity contribution in [3.05, 3.63) is 78.0 Å². The zero-order valence-corrected chi connectivity index (χ0v) is 15.1. The fraction of sp³-hybridized carbons (Fsp3) is 0.105. The molecule has 4 aromatic rings. The van der Waals surface area contributed by atoms with Crippen LogP contribution in [0.4, 0.5) is 4.39 Å². The molecule has 2 heterocycles. The van der Waals surface area contributed by atoms with Gasteiger partial charge in [-0.3, -0.25) is 4.98 Å². The highest BCUT2D eigenvalue weighted by Crippen LogP contribution is 2.25. The summed E-state index contributed by atoms with van der Waals surface area (Å²) < 4.78 is 19.9. The lowest BCUT2D eigenvalue weighted by Gasteiger charge is -2.07. The highest BCUT2D eigenvalue weighted by Gasteiger charge is 2.12. The van der Waals surface area contributed by atoms with Crippen LogP contribution in [0.3, 0.4) is 0 Å². The number of rotatable bonds is 6. The van der Waals surface area contributed by atoms with Gasteiger partial charge in [-0.25, -0.2) is 9.07 Å². The third-order valence-electron chi connectivity index (χ3n) is 3.99. The number of hydrogen-bond acceptors (Lipinski definition) is 6. The molecule has 0 atom stereocenters. The summed E-state index contributed by atoms with van der Waals surface area (Å²) in [4.78, 5) is 4.46. The first-order valence-corrected chi connectivity index (χ1v) is 9.22. The van der Waals surface area contributed by atoms with Crippen LogP contribution >= 0.6 is 11.8 Å². The van der Waals surface area contributed by atoms with E-state index < -0.39 is 0 Å². The second kappa shape index (κ2) is 7.63. The second-order valence-corrected chi connectivity index (χ2v) is 6.73. The van der Waals surface area contributed by atoms with Crippen LogP contribution in [0.2, 0.25) is 0 Å². The van der Waals surface area contributed by atoms with Crippen molar-refractivity contribution in [3.63, 3.8) is 0 Å². The monoisotopic (exact) mass is 381 g/mol. The summed E-state index contributed by atoms with van der Waals surface area (Å²) >= 11 is 1.48. The molecule has 0 unspecified atom stereocenters. The lowest BCUT2D eigenvalue weighted by molar-refractivity contribution is 0.291. The number of halogens is 1. The molecule has 0 amide bonds. The lowest BCUT2D eigenvalue weighted by Crippen LogP contribution is -2.15. The Morgan fingerprint density at radius 1 is 1.04 bits per heavy atom. The van der Waals surface area contributed by atoms with Gasteiger partial charge in [0, 0.05) is 17.3 Å². The number of nitrogen functional groups attached to an aromatic ring is 1. The van der Waals surface area contributed by atoms with Crippen molar-refractivity contribution in [2.75, 3.05) is 5.84 Å². The van der Waals surface area contributed by atoms with E-state index in [9.17, 15) is 4.39 Å². The molecule has 0 saturated heterocycles. The van der Waals surface area contributed by atoms with Crippen molar-refractivity contribution in [1.82, 2.24) is 19.9 Å². The van der Waals surface area contributed by atoms with Gasteiger partial charge in [0.1, 0.15) is 18.2 Å². The van der Waals surface area contributed by atoms with E-state index in [0.29, 0.717) is 22.5 Å². The molecule has 136 valence electrons. The normalized spacial score (nSPS) is 11.0. The number of pyridine rings is 1. The minimum Gasteiger partial charge on any atom is -0.486 e. The number of ether oxygens (including phenoxy) is 1. The van der Waals surface area contributed by atoms with Crippen LogP contribution in [0.5, 0.6) is 5.75 Å². The standard InChI is InChI=1S/C19H16FN5OS/c20-15-6-8-16(9-7-15)26-11-17-23-24-19(25(17)21)27-12-14-4-1-3-13-5-2-10-22-18(13)14/h1-10H,11-12,21H2. The van der Waals surface area contributed by atoms with Gasteiger partial charge in [0.25, 0.3) is 0 Å². The number of thioether (sulfide) groups is 1. The molecular weight excluding hydrogens is 365 g/mol. The van der Waals surface area contributed by atoms with Gasteiger partial charge >= 0.3 is 0 Å². The van der Waals surface area contributed by atoms with Gasteiger partial charge in [0.15, 0.2) is 5.82 Å². The largest absolute Gasteiger partial charge is 0.486 e. The molecule has 8 heteroatoms. The van der Waals surface area contributed by atoms with Crippen LogP contribution in [0.25, 0.3) is 10.9 Å². The van der Waals surface area contributed by atoms with Gasteiger partial charge < -0.3 is 10.6 Å². The van der Waals surface area contributed by atoms with Gasteiger partial charge in [-0.2, -0.15) is 0 Å². The molecule has 0 aliphatic carbocycles. The molecule has 4 rings (SSSR count). The van der Waals surface area contributed by atoms with Crippen molar-refractivity contribution in [3.8, 4) is 5.75 Å². The van der Waals surface area contributed by atoms with Crippen molar-refractivity contribution in [1.29, 1.82) is 0 Å². The van der Waals surface area contributed by atoms with Gasteiger partial charge in [0.2, 0.25) is 5.16 Å². The predicted octanol–water partition coefficient (Wildman–Crippen LogP) is 3.55. The Labute approximate surface area is 159 Å².